The van der Waals surface area contributed by atoms with Gasteiger partial charge in [0.2, 0.25) is 11.8 Å². The van der Waals surface area contributed by atoms with Gasteiger partial charge in [0, 0.05) is 32.5 Å². The second-order valence-corrected chi connectivity index (χ2v) is 3.87. The van der Waals surface area contributed by atoms with Crippen molar-refractivity contribution in [1.29, 1.82) is 0 Å². The molecular formula is C12H26ClN3O2. The molecule has 0 heterocycles. The second kappa shape index (κ2) is 12.6. The van der Waals surface area contributed by atoms with Crippen LogP contribution in [0, 0.1) is 0 Å². The average Bonchev–Trinajstić information content (AvgIpc) is 2.33. The molecule has 5 nitrogen and oxygen atoms in total. The van der Waals surface area contributed by atoms with Gasteiger partial charge in [-0.2, -0.15) is 0 Å². The van der Waals surface area contributed by atoms with Crippen LogP contribution in [0.1, 0.15) is 33.1 Å². The first-order valence-electron chi connectivity index (χ1n) is 6.34. The Hall–Kier alpha value is -0.810. The highest BCUT2D eigenvalue weighted by atomic mass is 35.5. The van der Waals surface area contributed by atoms with Gasteiger partial charge in [-0.3, -0.25) is 9.59 Å². The molecule has 0 aliphatic heterocycles. The van der Waals surface area contributed by atoms with Crippen molar-refractivity contribution in [2.45, 2.75) is 33.1 Å². The number of rotatable bonds is 9. The summed E-state index contributed by atoms with van der Waals surface area (Å²) in [6.45, 7) is 6.86. The van der Waals surface area contributed by atoms with E-state index in [9.17, 15) is 9.59 Å². The Balaban J connectivity index is 0. The van der Waals surface area contributed by atoms with Crippen LogP contribution in [0.4, 0.5) is 0 Å². The summed E-state index contributed by atoms with van der Waals surface area (Å²) >= 11 is 0. The Morgan fingerprint density at radius 1 is 1.06 bits per heavy atom. The Morgan fingerprint density at radius 2 is 1.67 bits per heavy atom. The summed E-state index contributed by atoms with van der Waals surface area (Å²) in [7, 11) is 1.88. The number of nitrogens with one attached hydrogen (secondary N) is 2. The summed E-state index contributed by atoms with van der Waals surface area (Å²) < 4.78 is 0. The predicted octanol–water partition coefficient (Wildman–Crippen LogP) is 0.782. The molecule has 0 aromatic heterocycles. The van der Waals surface area contributed by atoms with E-state index >= 15 is 0 Å². The molecule has 108 valence electrons. The maximum absolute atomic E-state index is 11.6. The number of hydrogen-bond acceptors (Lipinski definition) is 3. The molecule has 0 saturated heterocycles. The van der Waals surface area contributed by atoms with Gasteiger partial charge in [0.05, 0.1) is 0 Å². The van der Waals surface area contributed by atoms with Crippen LogP contribution in [0.15, 0.2) is 0 Å². The molecule has 0 unspecified atom stereocenters. The molecule has 0 aromatic carbocycles. The molecule has 0 bridgehead atoms. The smallest absolute Gasteiger partial charge is 0.223 e. The number of hydrogen-bond donors (Lipinski definition) is 2. The van der Waals surface area contributed by atoms with Crippen LogP contribution >= 0.6 is 12.4 Å². The van der Waals surface area contributed by atoms with E-state index in [-0.39, 0.29) is 30.6 Å². The minimum absolute atomic E-state index is 0. The normalized spacial score (nSPS) is 9.50. The van der Waals surface area contributed by atoms with Gasteiger partial charge in [0.1, 0.15) is 0 Å². The van der Waals surface area contributed by atoms with E-state index in [1.54, 1.807) is 4.90 Å². The standard InChI is InChI=1S/C12H25N3O2.ClH/c1-4-15(5-2)12(17)8-7-11(16)14-10-6-9-13-3;/h13H,4-10H2,1-3H3,(H,14,16);1H. The molecule has 0 fully saturated rings. The highest BCUT2D eigenvalue weighted by molar-refractivity contribution is 5.85. The molecular weight excluding hydrogens is 254 g/mol. The largest absolute Gasteiger partial charge is 0.356 e. The van der Waals surface area contributed by atoms with Crippen LogP contribution in [-0.4, -0.2) is 49.9 Å². The van der Waals surface area contributed by atoms with E-state index in [1.165, 1.54) is 0 Å². The summed E-state index contributed by atoms with van der Waals surface area (Å²) in [5, 5.41) is 5.81. The maximum atomic E-state index is 11.6. The van der Waals surface area contributed by atoms with Gasteiger partial charge in [-0.25, -0.2) is 0 Å². The average molecular weight is 280 g/mol. The van der Waals surface area contributed by atoms with E-state index in [4.69, 9.17) is 0 Å². The van der Waals surface area contributed by atoms with Gasteiger partial charge in [0.15, 0.2) is 0 Å². The Labute approximate surface area is 116 Å². The summed E-state index contributed by atoms with van der Waals surface area (Å²) in [4.78, 5) is 24.8. The fourth-order valence-corrected chi connectivity index (χ4v) is 1.54. The van der Waals surface area contributed by atoms with Crippen molar-refractivity contribution in [1.82, 2.24) is 15.5 Å². The van der Waals surface area contributed by atoms with Crippen molar-refractivity contribution in [3.63, 3.8) is 0 Å². The molecule has 0 spiro atoms. The molecule has 0 aliphatic carbocycles. The van der Waals surface area contributed by atoms with Crippen LogP contribution < -0.4 is 10.6 Å². The van der Waals surface area contributed by atoms with Crippen LogP contribution in [-0.2, 0) is 9.59 Å². The van der Waals surface area contributed by atoms with Crippen LogP contribution in [0.5, 0.6) is 0 Å². The molecule has 2 N–H and O–H groups in total. The number of nitrogens with zero attached hydrogens (tertiary/aromatic N) is 1. The Kier molecular flexibility index (Phi) is 13.7. The number of halogens is 1. The maximum Gasteiger partial charge on any atom is 0.223 e. The van der Waals surface area contributed by atoms with E-state index in [0.717, 1.165) is 13.0 Å². The monoisotopic (exact) mass is 279 g/mol. The zero-order valence-corrected chi connectivity index (χ0v) is 12.4. The van der Waals surface area contributed by atoms with Gasteiger partial charge in [0.25, 0.3) is 0 Å². The second-order valence-electron chi connectivity index (χ2n) is 3.87. The van der Waals surface area contributed by atoms with E-state index in [2.05, 4.69) is 10.6 Å². The Morgan fingerprint density at radius 3 is 2.17 bits per heavy atom. The first-order chi connectivity index (χ1) is 8.15. The van der Waals surface area contributed by atoms with Crippen LogP contribution in [0.3, 0.4) is 0 Å². The lowest BCUT2D eigenvalue weighted by atomic mass is 10.2. The van der Waals surface area contributed by atoms with Gasteiger partial charge < -0.3 is 15.5 Å². The molecule has 0 radical (unpaired) electrons. The third-order valence-electron chi connectivity index (χ3n) is 2.61. The van der Waals surface area contributed by atoms with Gasteiger partial charge in [-0.15, -0.1) is 12.4 Å². The molecule has 0 atom stereocenters. The van der Waals surface area contributed by atoms with Gasteiger partial charge in [-0.05, 0) is 33.9 Å². The van der Waals surface area contributed by atoms with E-state index in [1.807, 2.05) is 20.9 Å². The molecule has 2 amide bonds. The first kappa shape index (κ1) is 19.5. The number of amides is 2. The van der Waals surface area contributed by atoms with Crippen molar-refractivity contribution >= 4 is 24.2 Å². The molecule has 18 heavy (non-hydrogen) atoms. The topological polar surface area (TPSA) is 61.4 Å². The zero-order valence-electron chi connectivity index (χ0n) is 11.6. The van der Waals surface area contributed by atoms with Crippen LogP contribution in [0.2, 0.25) is 0 Å². The van der Waals surface area contributed by atoms with Gasteiger partial charge in [-0.1, -0.05) is 0 Å². The van der Waals surface area contributed by atoms with Crippen molar-refractivity contribution in [3.05, 3.63) is 0 Å². The zero-order chi connectivity index (χ0) is 13.1. The fraction of sp³-hybridized carbons (Fsp3) is 0.833. The van der Waals surface area contributed by atoms with Gasteiger partial charge >= 0.3 is 0 Å². The molecule has 0 aromatic rings. The van der Waals surface area contributed by atoms with E-state index in [0.29, 0.717) is 26.1 Å². The van der Waals surface area contributed by atoms with Crippen molar-refractivity contribution in [2.75, 3.05) is 33.2 Å². The fourth-order valence-electron chi connectivity index (χ4n) is 1.54. The third-order valence-corrected chi connectivity index (χ3v) is 2.61. The van der Waals surface area contributed by atoms with Crippen molar-refractivity contribution < 1.29 is 9.59 Å². The third kappa shape index (κ3) is 9.24. The Bertz CT molecular complexity index is 233. The molecule has 0 aliphatic rings. The molecule has 0 saturated carbocycles. The van der Waals surface area contributed by atoms with Crippen molar-refractivity contribution in [3.8, 4) is 0 Å². The quantitative estimate of drug-likeness (QED) is 0.613. The summed E-state index contributed by atoms with van der Waals surface area (Å²) in [5.41, 5.74) is 0. The lowest BCUT2D eigenvalue weighted by Gasteiger charge is -2.18. The summed E-state index contributed by atoms with van der Waals surface area (Å²) in [5.74, 6) is 0.0157. The van der Waals surface area contributed by atoms with E-state index < -0.39 is 0 Å². The predicted molar refractivity (Wildman–Crippen MR) is 76.0 cm³/mol. The highest BCUT2D eigenvalue weighted by Gasteiger charge is 2.11. The lowest BCUT2D eigenvalue weighted by molar-refractivity contribution is -0.133. The van der Waals surface area contributed by atoms with Crippen molar-refractivity contribution in [2.24, 2.45) is 0 Å². The molecule has 0 rings (SSSR count). The van der Waals surface area contributed by atoms with Crippen LogP contribution in [0.25, 0.3) is 0 Å². The highest BCUT2D eigenvalue weighted by Crippen LogP contribution is 1.97. The lowest BCUT2D eigenvalue weighted by Crippen LogP contribution is -2.32. The SMILES string of the molecule is CCN(CC)C(=O)CCC(=O)NCCCNC.Cl. The summed E-state index contributed by atoms with van der Waals surface area (Å²) in [6, 6.07) is 0. The minimum Gasteiger partial charge on any atom is -0.356 e. The summed E-state index contributed by atoms with van der Waals surface area (Å²) in [6.07, 6.45) is 1.50. The molecule has 6 heteroatoms. The first-order valence-corrected chi connectivity index (χ1v) is 6.34. The minimum atomic E-state index is -0.0402. The number of carbonyl (C=O) groups excluding carboxylic acids is 2. The number of carbonyl (C=O) groups is 2.